The molecule has 5 rings (SSSR count). The third-order valence-electron chi connectivity index (χ3n) is 7.20. The van der Waals surface area contributed by atoms with Crippen LogP contribution in [-0.2, 0) is 15.0 Å². The van der Waals surface area contributed by atoms with E-state index >= 15 is 0 Å². The van der Waals surface area contributed by atoms with Crippen molar-refractivity contribution in [2.45, 2.75) is 26.2 Å². The fourth-order valence-corrected chi connectivity index (χ4v) is 5.11. The van der Waals surface area contributed by atoms with Crippen molar-refractivity contribution < 1.29 is 38.6 Å². The number of esters is 2. The molecule has 0 spiro atoms. The van der Waals surface area contributed by atoms with Gasteiger partial charge in [-0.3, -0.25) is 19.2 Å². The monoisotopic (exact) mass is 563 g/mol. The van der Waals surface area contributed by atoms with Crippen molar-refractivity contribution in [3.8, 4) is 11.5 Å². The van der Waals surface area contributed by atoms with Crippen molar-refractivity contribution in [2.24, 2.45) is 0 Å². The van der Waals surface area contributed by atoms with Crippen LogP contribution < -0.4 is 14.4 Å². The summed E-state index contributed by atoms with van der Waals surface area (Å²) in [6.07, 6.45) is 0. The zero-order chi connectivity index (χ0) is 30.2. The highest BCUT2D eigenvalue weighted by Gasteiger charge is 2.38. The summed E-state index contributed by atoms with van der Waals surface area (Å²) in [6.45, 7) is 4.60. The molecular weight excluding hydrogens is 538 g/mol. The van der Waals surface area contributed by atoms with E-state index in [0.717, 1.165) is 21.6 Å². The van der Waals surface area contributed by atoms with E-state index in [1.54, 1.807) is 42.5 Å². The lowest BCUT2D eigenvalue weighted by molar-refractivity contribution is -0.132. The van der Waals surface area contributed by atoms with Gasteiger partial charge in [0.05, 0.1) is 22.4 Å². The molecular formula is C33H25NO8. The smallest absolute Gasteiger partial charge is 0.335 e. The van der Waals surface area contributed by atoms with Crippen LogP contribution in [0, 0.1) is 0 Å². The number of carboxylic acid groups (broad SMARTS) is 1. The first-order chi connectivity index (χ1) is 20.0. The summed E-state index contributed by atoms with van der Waals surface area (Å²) in [5.41, 5.74) is 1.86. The molecule has 1 N–H and O–H groups in total. The van der Waals surface area contributed by atoms with Gasteiger partial charge in [-0.1, -0.05) is 36.4 Å². The molecule has 0 aliphatic carbocycles. The molecule has 0 saturated carbocycles. The van der Waals surface area contributed by atoms with Crippen LogP contribution in [0.1, 0.15) is 68.5 Å². The number of anilines is 1. The van der Waals surface area contributed by atoms with Crippen LogP contribution in [0.5, 0.6) is 11.5 Å². The Morgan fingerprint density at radius 1 is 0.667 bits per heavy atom. The molecule has 4 aromatic rings. The Balaban J connectivity index is 1.60. The maximum Gasteiger partial charge on any atom is 0.335 e. The summed E-state index contributed by atoms with van der Waals surface area (Å²) < 4.78 is 10.4. The number of carbonyl (C=O) groups excluding carboxylic acids is 4. The molecule has 0 bridgehead atoms. The largest absolute Gasteiger partial charge is 0.478 e. The molecule has 0 saturated heterocycles. The molecule has 9 heteroatoms. The summed E-state index contributed by atoms with van der Waals surface area (Å²) in [5.74, 6) is -2.52. The van der Waals surface area contributed by atoms with Crippen molar-refractivity contribution in [2.75, 3.05) is 4.90 Å². The number of hydrogen-bond donors (Lipinski definition) is 1. The molecule has 0 radical (unpaired) electrons. The number of fused-ring (bicyclic) bond motifs is 1. The molecule has 1 aliphatic heterocycles. The van der Waals surface area contributed by atoms with Gasteiger partial charge in [0.1, 0.15) is 11.5 Å². The van der Waals surface area contributed by atoms with E-state index in [9.17, 15) is 29.1 Å². The lowest BCUT2D eigenvalue weighted by Crippen LogP contribution is -2.30. The van der Waals surface area contributed by atoms with E-state index < -0.39 is 35.1 Å². The number of nitrogens with zero attached hydrogens (tertiary/aromatic N) is 1. The van der Waals surface area contributed by atoms with Gasteiger partial charge in [0.25, 0.3) is 11.8 Å². The standard InChI is InChI=1S/C33H25NO8/c1-19(35)41-26-12-8-22(9-13-26)33(3,23-10-14-27(15-11-23)42-20(2)36)24-5-4-6-25(18-24)34-30(37)28-16-7-21(32(39)40)17-29(28)31(34)38/h4-18H,1-3H3,(H,39,40). The minimum absolute atomic E-state index is 0.0233. The van der Waals surface area contributed by atoms with E-state index in [2.05, 4.69) is 0 Å². The Bertz CT molecular complexity index is 1700. The molecule has 4 aromatic carbocycles. The van der Waals surface area contributed by atoms with Gasteiger partial charge in [0, 0.05) is 19.3 Å². The Morgan fingerprint density at radius 3 is 1.69 bits per heavy atom. The number of amides is 2. The van der Waals surface area contributed by atoms with E-state index in [1.165, 1.54) is 32.0 Å². The zero-order valence-corrected chi connectivity index (χ0v) is 22.9. The number of imide groups is 1. The van der Waals surface area contributed by atoms with Crippen molar-refractivity contribution in [1.29, 1.82) is 0 Å². The molecule has 2 amide bonds. The predicted molar refractivity (Wildman–Crippen MR) is 152 cm³/mol. The molecule has 0 fully saturated rings. The van der Waals surface area contributed by atoms with E-state index in [-0.39, 0.29) is 16.7 Å². The van der Waals surface area contributed by atoms with Gasteiger partial charge in [-0.15, -0.1) is 0 Å². The van der Waals surface area contributed by atoms with E-state index in [0.29, 0.717) is 17.2 Å². The molecule has 1 aliphatic rings. The summed E-state index contributed by atoms with van der Waals surface area (Å²) in [4.78, 5) is 62.1. The SMILES string of the molecule is CC(=O)Oc1ccc(C(C)(c2ccc(OC(C)=O)cc2)c2cccc(N3C(=O)c4ccc(C(=O)O)cc4C3=O)c2)cc1. The Labute approximate surface area is 240 Å². The van der Waals surface area contributed by atoms with Crippen LogP contribution >= 0.6 is 0 Å². The second-order valence-electron chi connectivity index (χ2n) is 9.92. The Morgan fingerprint density at radius 2 is 1.19 bits per heavy atom. The first kappa shape index (κ1) is 28.0. The molecule has 210 valence electrons. The Kier molecular flexibility index (Phi) is 7.18. The van der Waals surface area contributed by atoms with Crippen molar-refractivity contribution >= 4 is 35.4 Å². The van der Waals surface area contributed by atoms with E-state index in [1.807, 2.05) is 37.3 Å². The summed E-state index contributed by atoms with van der Waals surface area (Å²) >= 11 is 0. The van der Waals surface area contributed by atoms with Crippen LogP contribution in [0.4, 0.5) is 5.69 Å². The molecule has 0 aromatic heterocycles. The van der Waals surface area contributed by atoms with Crippen LogP contribution in [0.3, 0.4) is 0 Å². The number of aromatic carboxylic acids is 1. The highest BCUT2D eigenvalue weighted by atomic mass is 16.5. The van der Waals surface area contributed by atoms with Gasteiger partial charge < -0.3 is 14.6 Å². The maximum atomic E-state index is 13.4. The number of carboxylic acids is 1. The molecule has 0 unspecified atom stereocenters. The van der Waals surface area contributed by atoms with Crippen LogP contribution in [0.25, 0.3) is 0 Å². The fourth-order valence-electron chi connectivity index (χ4n) is 5.11. The van der Waals surface area contributed by atoms with Gasteiger partial charge in [-0.05, 0) is 78.2 Å². The first-order valence-corrected chi connectivity index (χ1v) is 12.9. The summed E-state index contributed by atoms with van der Waals surface area (Å²) in [7, 11) is 0. The van der Waals surface area contributed by atoms with Crippen LogP contribution in [-0.4, -0.2) is 34.8 Å². The minimum Gasteiger partial charge on any atom is -0.478 e. The molecule has 42 heavy (non-hydrogen) atoms. The molecule has 0 atom stereocenters. The Hall–Kier alpha value is -5.57. The number of ether oxygens (including phenoxy) is 2. The highest BCUT2D eigenvalue weighted by molar-refractivity contribution is 6.34. The number of benzene rings is 4. The number of rotatable bonds is 7. The van der Waals surface area contributed by atoms with Crippen molar-refractivity contribution in [3.63, 3.8) is 0 Å². The lowest BCUT2D eigenvalue weighted by atomic mass is 9.71. The third-order valence-corrected chi connectivity index (χ3v) is 7.20. The highest BCUT2D eigenvalue weighted by Crippen LogP contribution is 2.42. The molecule has 1 heterocycles. The average molecular weight is 564 g/mol. The van der Waals surface area contributed by atoms with Crippen molar-refractivity contribution in [3.05, 3.63) is 124 Å². The van der Waals surface area contributed by atoms with E-state index in [4.69, 9.17) is 9.47 Å². The number of carbonyl (C=O) groups is 5. The summed E-state index contributed by atoms with van der Waals surface area (Å²) in [6, 6.07) is 24.8. The maximum absolute atomic E-state index is 13.4. The zero-order valence-electron chi connectivity index (χ0n) is 22.9. The fraction of sp³-hybridized carbons (Fsp3) is 0.121. The first-order valence-electron chi connectivity index (χ1n) is 12.9. The van der Waals surface area contributed by atoms with Crippen LogP contribution in [0.15, 0.2) is 91.0 Å². The van der Waals surface area contributed by atoms with Gasteiger partial charge in [0.2, 0.25) is 0 Å². The summed E-state index contributed by atoms with van der Waals surface area (Å²) in [5, 5.41) is 9.35. The second kappa shape index (κ2) is 10.8. The topological polar surface area (TPSA) is 127 Å². The lowest BCUT2D eigenvalue weighted by Gasteiger charge is -2.33. The quantitative estimate of drug-likeness (QED) is 0.137. The second-order valence-corrected chi connectivity index (χ2v) is 9.92. The van der Waals surface area contributed by atoms with Gasteiger partial charge in [-0.25, -0.2) is 9.69 Å². The molecule has 9 nitrogen and oxygen atoms in total. The van der Waals surface area contributed by atoms with Crippen LogP contribution in [0.2, 0.25) is 0 Å². The normalized spacial score (nSPS) is 12.6. The van der Waals surface area contributed by atoms with Gasteiger partial charge in [-0.2, -0.15) is 0 Å². The van der Waals surface area contributed by atoms with Crippen molar-refractivity contribution in [1.82, 2.24) is 0 Å². The third kappa shape index (κ3) is 5.03. The number of hydrogen-bond acceptors (Lipinski definition) is 7. The predicted octanol–water partition coefficient (Wildman–Crippen LogP) is 5.39. The average Bonchev–Trinajstić information content (AvgIpc) is 3.21. The van der Waals surface area contributed by atoms with Gasteiger partial charge in [0.15, 0.2) is 0 Å². The minimum atomic E-state index is -1.20. The van der Waals surface area contributed by atoms with Gasteiger partial charge >= 0.3 is 17.9 Å².